The molecule has 1 atom stereocenters. The van der Waals surface area contributed by atoms with Crippen LogP contribution in [0.2, 0.25) is 0 Å². The van der Waals surface area contributed by atoms with Crippen LogP contribution < -0.4 is 0 Å². The maximum Gasteiger partial charge on any atom is 0.308 e. The topological polar surface area (TPSA) is 70.0 Å². The fourth-order valence-corrected chi connectivity index (χ4v) is 1.99. The Bertz CT molecular complexity index is 245. The average Bonchev–Trinajstić information content (AvgIpc) is 2.21. The van der Waals surface area contributed by atoms with Gasteiger partial charge in [-0.3, -0.25) is 4.79 Å². The molecule has 100 valence electrons. The largest absolute Gasteiger partial charge is 0.466 e. The molecule has 1 aliphatic heterocycles. The molecule has 0 saturated carbocycles. The number of hydrogen-bond donors (Lipinski definition) is 2. The van der Waals surface area contributed by atoms with Gasteiger partial charge in [-0.25, -0.2) is 0 Å². The first kappa shape index (κ1) is 14.4. The molecule has 1 saturated heterocycles. The van der Waals surface area contributed by atoms with E-state index in [1.807, 2.05) is 6.92 Å². The first-order valence-electron chi connectivity index (χ1n) is 6.21. The highest BCUT2D eigenvalue weighted by Crippen LogP contribution is 2.21. The number of β-amino-alcohol motifs (C(OH)–C–C–N with tert-alkyl or cyclic N) is 1. The quantitative estimate of drug-likeness (QED) is 0.675. The molecule has 1 heterocycles. The molecule has 1 fully saturated rings. The third-order valence-electron chi connectivity index (χ3n) is 3.11. The Labute approximate surface area is 102 Å². The van der Waals surface area contributed by atoms with Crippen LogP contribution in [0.3, 0.4) is 0 Å². The SMILES string of the molecule is CCOC(=O)CC(O)CN1CCC(C)(O)CC1. The molecule has 0 aromatic carbocycles. The van der Waals surface area contributed by atoms with Gasteiger partial charge in [-0.05, 0) is 26.7 Å². The van der Waals surface area contributed by atoms with Gasteiger partial charge in [-0.1, -0.05) is 0 Å². The van der Waals surface area contributed by atoms with Crippen molar-refractivity contribution in [1.82, 2.24) is 4.90 Å². The summed E-state index contributed by atoms with van der Waals surface area (Å²) in [6.45, 7) is 5.91. The third-order valence-corrected chi connectivity index (χ3v) is 3.11. The van der Waals surface area contributed by atoms with Crippen LogP contribution in [-0.2, 0) is 9.53 Å². The lowest BCUT2D eigenvalue weighted by atomic mass is 9.93. The lowest BCUT2D eigenvalue weighted by Crippen LogP contribution is -2.45. The minimum Gasteiger partial charge on any atom is -0.466 e. The second-order valence-electron chi connectivity index (χ2n) is 4.96. The second-order valence-corrected chi connectivity index (χ2v) is 4.96. The molecule has 1 rings (SSSR count). The summed E-state index contributed by atoms with van der Waals surface area (Å²) in [4.78, 5) is 13.2. The normalized spacial score (nSPS) is 22.1. The minimum absolute atomic E-state index is 0.0424. The highest BCUT2D eigenvalue weighted by Gasteiger charge is 2.28. The molecule has 17 heavy (non-hydrogen) atoms. The Morgan fingerprint density at radius 2 is 2.06 bits per heavy atom. The van der Waals surface area contributed by atoms with Crippen molar-refractivity contribution in [3.8, 4) is 0 Å². The van der Waals surface area contributed by atoms with E-state index in [4.69, 9.17) is 4.74 Å². The maximum absolute atomic E-state index is 11.2. The van der Waals surface area contributed by atoms with Gasteiger partial charge in [0.25, 0.3) is 0 Å². The number of aliphatic hydroxyl groups is 2. The van der Waals surface area contributed by atoms with Gasteiger partial charge in [0.05, 0.1) is 24.7 Å². The number of likely N-dealkylation sites (tertiary alicyclic amines) is 1. The van der Waals surface area contributed by atoms with E-state index < -0.39 is 11.7 Å². The van der Waals surface area contributed by atoms with E-state index in [2.05, 4.69) is 4.90 Å². The summed E-state index contributed by atoms with van der Waals surface area (Å²) in [5, 5.41) is 19.5. The zero-order valence-corrected chi connectivity index (χ0v) is 10.7. The van der Waals surface area contributed by atoms with Crippen LogP contribution in [0.4, 0.5) is 0 Å². The van der Waals surface area contributed by atoms with Gasteiger partial charge in [0.15, 0.2) is 0 Å². The molecule has 0 aromatic heterocycles. The Balaban J connectivity index is 2.23. The van der Waals surface area contributed by atoms with Crippen molar-refractivity contribution in [1.29, 1.82) is 0 Å². The second kappa shape index (κ2) is 6.33. The van der Waals surface area contributed by atoms with Gasteiger partial charge >= 0.3 is 5.97 Å². The molecule has 0 aliphatic carbocycles. The molecule has 0 spiro atoms. The van der Waals surface area contributed by atoms with Crippen molar-refractivity contribution in [3.05, 3.63) is 0 Å². The van der Waals surface area contributed by atoms with Crippen LogP contribution in [0.5, 0.6) is 0 Å². The zero-order chi connectivity index (χ0) is 12.9. The Morgan fingerprint density at radius 3 is 2.59 bits per heavy atom. The van der Waals surface area contributed by atoms with Gasteiger partial charge in [0.1, 0.15) is 0 Å². The van der Waals surface area contributed by atoms with Crippen molar-refractivity contribution in [2.75, 3.05) is 26.2 Å². The van der Waals surface area contributed by atoms with E-state index in [-0.39, 0.29) is 12.4 Å². The van der Waals surface area contributed by atoms with Crippen LogP contribution in [0.25, 0.3) is 0 Å². The fourth-order valence-electron chi connectivity index (χ4n) is 1.99. The summed E-state index contributed by atoms with van der Waals surface area (Å²) in [7, 11) is 0. The van der Waals surface area contributed by atoms with Crippen LogP contribution >= 0.6 is 0 Å². The van der Waals surface area contributed by atoms with Crippen molar-refractivity contribution in [2.24, 2.45) is 0 Å². The van der Waals surface area contributed by atoms with Gasteiger partial charge in [-0.15, -0.1) is 0 Å². The van der Waals surface area contributed by atoms with Crippen molar-refractivity contribution < 1.29 is 19.7 Å². The number of piperidine rings is 1. The van der Waals surface area contributed by atoms with E-state index in [0.717, 1.165) is 13.1 Å². The van der Waals surface area contributed by atoms with Crippen LogP contribution in [-0.4, -0.2) is 59.0 Å². The number of nitrogens with zero attached hydrogens (tertiary/aromatic N) is 1. The molecule has 5 nitrogen and oxygen atoms in total. The van der Waals surface area contributed by atoms with E-state index >= 15 is 0 Å². The monoisotopic (exact) mass is 245 g/mol. The molecule has 2 N–H and O–H groups in total. The first-order valence-corrected chi connectivity index (χ1v) is 6.21. The van der Waals surface area contributed by atoms with Crippen LogP contribution in [0, 0.1) is 0 Å². The van der Waals surface area contributed by atoms with E-state index in [9.17, 15) is 15.0 Å². The number of rotatable bonds is 5. The van der Waals surface area contributed by atoms with E-state index in [1.165, 1.54) is 0 Å². The highest BCUT2D eigenvalue weighted by atomic mass is 16.5. The summed E-state index contributed by atoms with van der Waals surface area (Å²) in [6.07, 6.45) is 0.774. The fraction of sp³-hybridized carbons (Fsp3) is 0.917. The standard InChI is InChI=1S/C12H23NO4/c1-3-17-11(15)8-10(14)9-13-6-4-12(2,16)5-7-13/h10,14,16H,3-9H2,1-2H3. The lowest BCUT2D eigenvalue weighted by Gasteiger charge is -2.36. The first-order chi connectivity index (χ1) is 7.93. The Kier molecular flexibility index (Phi) is 5.36. The van der Waals surface area contributed by atoms with Gasteiger partial charge in [-0.2, -0.15) is 0 Å². The molecule has 0 bridgehead atoms. The third kappa shape index (κ3) is 5.48. The van der Waals surface area contributed by atoms with Gasteiger partial charge < -0.3 is 19.8 Å². The van der Waals surface area contributed by atoms with Crippen molar-refractivity contribution >= 4 is 5.97 Å². The number of carbonyl (C=O) groups is 1. The molecule has 5 heteroatoms. The summed E-state index contributed by atoms with van der Waals surface area (Å²) >= 11 is 0. The molecule has 0 amide bonds. The average molecular weight is 245 g/mol. The number of hydrogen-bond acceptors (Lipinski definition) is 5. The Hall–Kier alpha value is -0.650. The number of carbonyl (C=O) groups excluding carboxylic acids is 1. The summed E-state index contributed by atoms with van der Waals surface area (Å²) in [6, 6.07) is 0. The van der Waals surface area contributed by atoms with Crippen molar-refractivity contribution in [3.63, 3.8) is 0 Å². The van der Waals surface area contributed by atoms with Crippen LogP contribution in [0.1, 0.15) is 33.1 Å². The molecular formula is C12H23NO4. The summed E-state index contributed by atoms with van der Waals surface area (Å²) in [5.74, 6) is -0.357. The lowest BCUT2D eigenvalue weighted by molar-refractivity contribution is -0.145. The molecule has 1 unspecified atom stereocenters. The molecule has 0 radical (unpaired) electrons. The predicted molar refractivity (Wildman–Crippen MR) is 63.6 cm³/mol. The smallest absolute Gasteiger partial charge is 0.308 e. The summed E-state index contributed by atoms with van der Waals surface area (Å²) in [5.41, 5.74) is -0.581. The zero-order valence-electron chi connectivity index (χ0n) is 10.7. The number of aliphatic hydroxyl groups excluding tert-OH is 1. The number of ether oxygens (including phenoxy) is 1. The predicted octanol–water partition coefficient (Wildman–Crippen LogP) is 0.147. The van der Waals surface area contributed by atoms with E-state index in [1.54, 1.807) is 6.92 Å². The van der Waals surface area contributed by atoms with Gasteiger partial charge in [0, 0.05) is 19.6 Å². The van der Waals surface area contributed by atoms with Gasteiger partial charge in [0.2, 0.25) is 0 Å². The summed E-state index contributed by atoms with van der Waals surface area (Å²) < 4.78 is 4.78. The Morgan fingerprint density at radius 1 is 1.47 bits per heavy atom. The maximum atomic E-state index is 11.2. The van der Waals surface area contributed by atoms with E-state index in [0.29, 0.717) is 26.0 Å². The number of esters is 1. The minimum atomic E-state index is -0.683. The van der Waals surface area contributed by atoms with Crippen LogP contribution in [0.15, 0.2) is 0 Å². The highest BCUT2D eigenvalue weighted by molar-refractivity contribution is 5.69. The molecule has 1 aliphatic rings. The molecular weight excluding hydrogens is 222 g/mol. The molecule has 0 aromatic rings. The van der Waals surface area contributed by atoms with Crippen molar-refractivity contribution in [2.45, 2.75) is 44.8 Å².